The van der Waals surface area contributed by atoms with E-state index < -0.39 is 0 Å². The third kappa shape index (κ3) is 6.55. The van der Waals surface area contributed by atoms with E-state index in [1.54, 1.807) is 4.90 Å². The standard InChI is InChI=1S/C24H35N3O2/c1-19-15-20(2)17-21(16-19)27(12-6-11-25)24(28)18-26-13-9-23(10-14-26)29-22-7-4-3-5-8-22/h15-17,22-23H,3-10,12-14,18H2,1-2H3. The van der Waals surface area contributed by atoms with Crippen LogP contribution in [-0.4, -0.2) is 49.2 Å². The number of hydrogen-bond acceptors (Lipinski definition) is 4. The van der Waals surface area contributed by atoms with Gasteiger partial charge in [0.25, 0.3) is 0 Å². The SMILES string of the molecule is Cc1cc(C)cc(N(CCC#N)C(=O)CN2CCC(OC3CCCCC3)CC2)c1. The van der Waals surface area contributed by atoms with Crippen LogP contribution in [0.1, 0.15) is 62.5 Å². The quantitative estimate of drug-likeness (QED) is 0.686. The molecule has 1 aliphatic carbocycles. The fourth-order valence-corrected chi connectivity index (χ4v) is 4.62. The highest BCUT2D eigenvalue weighted by molar-refractivity contribution is 5.95. The summed E-state index contributed by atoms with van der Waals surface area (Å²) in [5.41, 5.74) is 3.17. The van der Waals surface area contributed by atoms with Crippen LogP contribution >= 0.6 is 0 Å². The number of hydrogen-bond donors (Lipinski definition) is 0. The summed E-state index contributed by atoms with van der Waals surface area (Å²) in [5.74, 6) is 0.0805. The van der Waals surface area contributed by atoms with Gasteiger partial charge in [-0.3, -0.25) is 9.69 Å². The van der Waals surface area contributed by atoms with Gasteiger partial charge in [-0.15, -0.1) is 0 Å². The minimum Gasteiger partial charge on any atom is -0.375 e. The largest absolute Gasteiger partial charge is 0.375 e. The lowest BCUT2D eigenvalue weighted by molar-refractivity contribution is -0.121. The zero-order chi connectivity index (χ0) is 20.6. The van der Waals surface area contributed by atoms with Crippen molar-refractivity contribution in [2.24, 2.45) is 0 Å². The second kappa shape index (κ2) is 10.8. The third-order valence-corrected chi connectivity index (χ3v) is 6.10. The number of benzene rings is 1. The van der Waals surface area contributed by atoms with Crippen LogP contribution in [0.3, 0.4) is 0 Å². The molecule has 5 nitrogen and oxygen atoms in total. The lowest BCUT2D eigenvalue weighted by atomic mass is 9.97. The lowest BCUT2D eigenvalue weighted by Crippen LogP contribution is -2.45. The maximum atomic E-state index is 13.1. The number of carbonyl (C=O) groups excluding carboxylic acids is 1. The van der Waals surface area contributed by atoms with Crippen molar-refractivity contribution in [3.8, 4) is 6.07 Å². The lowest BCUT2D eigenvalue weighted by Gasteiger charge is -2.35. The highest BCUT2D eigenvalue weighted by atomic mass is 16.5. The Labute approximate surface area is 175 Å². The van der Waals surface area contributed by atoms with Gasteiger partial charge < -0.3 is 9.64 Å². The van der Waals surface area contributed by atoms with Crippen LogP contribution in [0.4, 0.5) is 5.69 Å². The van der Waals surface area contributed by atoms with Crippen LogP contribution in [0.2, 0.25) is 0 Å². The van der Waals surface area contributed by atoms with Crippen LogP contribution in [-0.2, 0) is 9.53 Å². The van der Waals surface area contributed by atoms with Gasteiger partial charge in [-0.2, -0.15) is 5.26 Å². The molecule has 0 radical (unpaired) electrons. The molecule has 1 heterocycles. The van der Waals surface area contributed by atoms with Crippen molar-refractivity contribution in [1.82, 2.24) is 4.90 Å². The number of aryl methyl sites for hydroxylation is 2. The first-order valence-corrected chi connectivity index (χ1v) is 11.2. The summed E-state index contributed by atoms with van der Waals surface area (Å²) in [6, 6.07) is 8.35. The summed E-state index contributed by atoms with van der Waals surface area (Å²) in [6.07, 6.45) is 9.53. The van der Waals surface area contributed by atoms with Crippen LogP contribution in [0, 0.1) is 25.2 Å². The Morgan fingerprint density at radius 2 is 1.69 bits per heavy atom. The molecule has 1 aromatic carbocycles. The first kappa shape index (κ1) is 21.8. The van der Waals surface area contributed by atoms with Gasteiger partial charge in [-0.25, -0.2) is 0 Å². The van der Waals surface area contributed by atoms with Gasteiger partial charge in [0.15, 0.2) is 0 Å². The molecule has 1 amide bonds. The number of rotatable bonds is 7. The summed E-state index contributed by atoms with van der Waals surface area (Å²) in [6.45, 7) is 6.75. The van der Waals surface area contributed by atoms with Crippen molar-refractivity contribution in [3.05, 3.63) is 29.3 Å². The summed E-state index contributed by atoms with van der Waals surface area (Å²) in [5, 5.41) is 9.03. The van der Waals surface area contributed by atoms with E-state index in [4.69, 9.17) is 10.00 Å². The Balaban J connectivity index is 1.53. The maximum Gasteiger partial charge on any atom is 0.241 e. The van der Waals surface area contributed by atoms with Crippen molar-refractivity contribution >= 4 is 11.6 Å². The average molecular weight is 398 g/mol. The van der Waals surface area contributed by atoms with E-state index in [-0.39, 0.29) is 5.91 Å². The number of likely N-dealkylation sites (tertiary alicyclic amines) is 1. The highest BCUT2D eigenvalue weighted by Gasteiger charge is 2.26. The maximum absolute atomic E-state index is 13.1. The van der Waals surface area contributed by atoms with Gasteiger partial charge in [0, 0.05) is 25.3 Å². The number of piperidine rings is 1. The molecule has 2 aliphatic rings. The monoisotopic (exact) mass is 397 g/mol. The van der Waals surface area contributed by atoms with Crippen LogP contribution in [0.25, 0.3) is 0 Å². The number of amides is 1. The van der Waals surface area contributed by atoms with Crippen molar-refractivity contribution in [1.29, 1.82) is 5.26 Å². The number of nitrogens with zero attached hydrogens (tertiary/aromatic N) is 3. The Morgan fingerprint density at radius 1 is 1.07 bits per heavy atom. The van der Waals surface area contributed by atoms with Crippen molar-refractivity contribution < 1.29 is 9.53 Å². The summed E-state index contributed by atoms with van der Waals surface area (Å²) in [7, 11) is 0. The third-order valence-electron chi connectivity index (χ3n) is 6.10. The zero-order valence-electron chi connectivity index (χ0n) is 18.0. The molecule has 0 unspecified atom stereocenters. The molecule has 1 saturated heterocycles. The van der Waals surface area contributed by atoms with Gasteiger partial charge in [0.2, 0.25) is 5.91 Å². The molecular formula is C24H35N3O2. The zero-order valence-corrected chi connectivity index (χ0v) is 18.0. The van der Waals surface area contributed by atoms with Crippen LogP contribution in [0.15, 0.2) is 18.2 Å². The molecule has 0 atom stereocenters. The van der Waals surface area contributed by atoms with Gasteiger partial charge >= 0.3 is 0 Å². The fraction of sp³-hybridized carbons (Fsp3) is 0.667. The molecule has 0 spiro atoms. The molecule has 0 N–H and O–H groups in total. The summed E-state index contributed by atoms with van der Waals surface area (Å²) in [4.78, 5) is 17.1. The molecule has 1 aliphatic heterocycles. The number of anilines is 1. The Hall–Kier alpha value is -1.90. The van der Waals surface area contributed by atoms with Crippen molar-refractivity contribution in [2.75, 3.05) is 31.1 Å². The van der Waals surface area contributed by atoms with Crippen LogP contribution in [0.5, 0.6) is 0 Å². The molecule has 1 aromatic rings. The predicted octanol–water partition coefficient (Wildman–Crippen LogP) is 4.36. The fourth-order valence-electron chi connectivity index (χ4n) is 4.62. The van der Waals surface area contributed by atoms with Crippen LogP contribution < -0.4 is 4.90 Å². The van der Waals surface area contributed by atoms with E-state index in [1.807, 2.05) is 26.0 Å². The minimum atomic E-state index is 0.0805. The average Bonchev–Trinajstić information content (AvgIpc) is 2.70. The Bertz CT molecular complexity index is 693. The van der Waals surface area contributed by atoms with E-state index in [2.05, 4.69) is 17.0 Å². The number of nitriles is 1. The first-order valence-electron chi connectivity index (χ1n) is 11.2. The van der Waals surface area contributed by atoms with E-state index in [0.29, 0.717) is 31.7 Å². The molecular weight excluding hydrogens is 362 g/mol. The first-order chi connectivity index (χ1) is 14.0. The molecule has 5 heteroatoms. The van der Waals surface area contributed by atoms with Crippen molar-refractivity contribution in [2.45, 2.75) is 77.4 Å². The van der Waals surface area contributed by atoms with E-state index in [9.17, 15) is 4.79 Å². The molecule has 0 bridgehead atoms. The van der Waals surface area contributed by atoms with E-state index in [1.165, 1.54) is 32.1 Å². The number of ether oxygens (including phenoxy) is 1. The van der Waals surface area contributed by atoms with E-state index >= 15 is 0 Å². The molecule has 3 rings (SSSR count). The summed E-state index contributed by atoms with van der Waals surface area (Å²) < 4.78 is 6.32. The summed E-state index contributed by atoms with van der Waals surface area (Å²) >= 11 is 0. The van der Waals surface area contributed by atoms with Gasteiger partial charge in [0.1, 0.15) is 0 Å². The topological polar surface area (TPSA) is 56.6 Å². The van der Waals surface area contributed by atoms with Crippen molar-refractivity contribution in [3.63, 3.8) is 0 Å². The minimum absolute atomic E-state index is 0.0805. The normalized spacial score (nSPS) is 19.1. The van der Waals surface area contributed by atoms with Gasteiger partial charge in [-0.1, -0.05) is 25.3 Å². The highest BCUT2D eigenvalue weighted by Crippen LogP contribution is 2.25. The second-order valence-electron chi connectivity index (χ2n) is 8.67. The molecule has 158 valence electrons. The second-order valence-corrected chi connectivity index (χ2v) is 8.67. The van der Waals surface area contributed by atoms with E-state index in [0.717, 1.165) is 42.7 Å². The molecule has 0 aromatic heterocycles. The smallest absolute Gasteiger partial charge is 0.241 e. The Morgan fingerprint density at radius 3 is 2.31 bits per heavy atom. The molecule has 29 heavy (non-hydrogen) atoms. The van der Waals surface area contributed by atoms with Gasteiger partial charge in [0.05, 0.1) is 31.2 Å². The molecule has 2 fully saturated rings. The van der Waals surface area contributed by atoms with Gasteiger partial charge in [-0.05, 0) is 62.8 Å². The molecule has 1 saturated carbocycles. The Kier molecular flexibility index (Phi) is 8.09. The number of carbonyl (C=O) groups is 1. The predicted molar refractivity (Wildman–Crippen MR) is 116 cm³/mol.